The standard InChI is InChI=1S/C13H28N2O/c1-5-6-7-8-9-10-12(15-14)13(16-4)11(2)3/h5,11-13,15H,1,6-10,14H2,2-4H3. The maximum atomic E-state index is 5.58. The van der Waals surface area contributed by atoms with E-state index in [-0.39, 0.29) is 12.1 Å². The predicted octanol–water partition coefficient (Wildman–Crippen LogP) is 2.63. The van der Waals surface area contributed by atoms with E-state index in [1.807, 2.05) is 6.08 Å². The number of hydrogen-bond donors (Lipinski definition) is 2. The summed E-state index contributed by atoms with van der Waals surface area (Å²) in [5.74, 6) is 6.07. The Morgan fingerprint density at radius 3 is 2.44 bits per heavy atom. The smallest absolute Gasteiger partial charge is 0.0760 e. The second kappa shape index (κ2) is 9.82. The van der Waals surface area contributed by atoms with E-state index < -0.39 is 0 Å². The van der Waals surface area contributed by atoms with Gasteiger partial charge in [0.2, 0.25) is 0 Å². The molecule has 0 aromatic heterocycles. The van der Waals surface area contributed by atoms with Gasteiger partial charge in [-0.15, -0.1) is 6.58 Å². The fraction of sp³-hybridized carbons (Fsp3) is 0.846. The van der Waals surface area contributed by atoms with Crippen molar-refractivity contribution in [1.29, 1.82) is 0 Å². The number of allylic oxidation sites excluding steroid dienone is 1. The molecule has 0 aromatic rings. The molecule has 16 heavy (non-hydrogen) atoms. The van der Waals surface area contributed by atoms with E-state index in [1.165, 1.54) is 19.3 Å². The van der Waals surface area contributed by atoms with Crippen LogP contribution in [-0.4, -0.2) is 19.3 Å². The Morgan fingerprint density at radius 1 is 1.31 bits per heavy atom. The van der Waals surface area contributed by atoms with Gasteiger partial charge in [-0.25, -0.2) is 0 Å². The topological polar surface area (TPSA) is 47.3 Å². The minimum atomic E-state index is 0.199. The molecule has 3 N–H and O–H groups in total. The van der Waals surface area contributed by atoms with Gasteiger partial charge in [0.05, 0.1) is 6.10 Å². The van der Waals surface area contributed by atoms with Crippen molar-refractivity contribution in [2.24, 2.45) is 11.8 Å². The summed E-state index contributed by atoms with van der Waals surface area (Å²) in [6.45, 7) is 8.05. The molecule has 0 saturated carbocycles. The highest BCUT2D eigenvalue weighted by molar-refractivity contribution is 4.77. The number of hydrazine groups is 1. The minimum absolute atomic E-state index is 0.199. The Labute approximate surface area is 100 Å². The maximum absolute atomic E-state index is 5.58. The number of unbranched alkanes of at least 4 members (excludes halogenated alkanes) is 3. The quantitative estimate of drug-likeness (QED) is 0.261. The third-order valence-corrected chi connectivity index (χ3v) is 2.96. The molecule has 0 saturated heterocycles. The molecule has 0 aliphatic rings. The second-order valence-electron chi connectivity index (χ2n) is 4.64. The van der Waals surface area contributed by atoms with E-state index in [9.17, 15) is 0 Å². The summed E-state index contributed by atoms with van der Waals surface area (Å²) < 4.78 is 5.48. The molecule has 3 nitrogen and oxygen atoms in total. The van der Waals surface area contributed by atoms with Crippen molar-refractivity contribution < 1.29 is 4.74 Å². The summed E-state index contributed by atoms with van der Waals surface area (Å²) in [6, 6.07) is 0.258. The molecule has 0 aliphatic carbocycles. The Bertz CT molecular complexity index is 171. The predicted molar refractivity (Wildman–Crippen MR) is 70.0 cm³/mol. The van der Waals surface area contributed by atoms with Gasteiger partial charge >= 0.3 is 0 Å². The zero-order chi connectivity index (χ0) is 12.4. The Morgan fingerprint density at radius 2 is 2.00 bits per heavy atom. The van der Waals surface area contributed by atoms with Crippen LogP contribution in [0, 0.1) is 5.92 Å². The van der Waals surface area contributed by atoms with E-state index in [2.05, 4.69) is 25.9 Å². The molecule has 0 heterocycles. The molecule has 0 fully saturated rings. The van der Waals surface area contributed by atoms with E-state index in [0.717, 1.165) is 12.8 Å². The zero-order valence-electron chi connectivity index (χ0n) is 11.0. The van der Waals surface area contributed by atoms with Crippen molar-refractivity contribution in [2.75, 3.05) is 7.11 Å². The van der Waals surface area contributed by atoms with Crippen LogP contribution in [0.3, 0.4) is 0 Å². The Hall–Kier alpha value is -0.380. The summed E-state index contributed by atoms with van der Waals surface area (Å²) in [6.07, 6.45) is 8.01. The molecule has 3 heteroatoms. The Kier molecular flexibility index (Phi) is 9.59. The van der Waals surface area contributed by atoms with Gasteiger partial charge in [-0.1, -0.05) is 32.8 Å². The van der Waals surface area contributed by atoms with Crippen LogP contribution in [0.2, 0.25) is 0 Å². The molecule has 0 aromatic carbocycles. The maximum Gasteiger partial charge on any atom is 0.0760 e. The van der Waals surface area contributed by atoms with Crippen molar-refractivity contribution in [3.05, 3.63) is 12.7 Å². The molecule has 2 atom stereocenters. The van der Waals surface area contributed by atoms with Gasteiger partial charge in [-0.05, 0) is 25.2 Å². The summed E-state index contributed by atoms with van der Waals surface area (Å²) in [4.78, 5) is 0. The molecular weight excluding hydrogens is 200 g/mol. The van der Waals surface area contributed by atoms with Gasteiger partial charge in [0.25, 0.3) is 0 Å². The number of methoxy groups -OCH3 is 1. The summed E-state index contributed by atoms with van der Waals surface area (Å²) in [5, 5.41) is 0. The molecule has 0 amide bonds. The van der Waals surface area contributed by atoms with Gasteiger partial charge in [0, 0.05) is 13.2 Å². The number of ether oxygens (including phenoxy) is 1. The highest BCUT2D eigenvalue weighted by Crippen LogP contribution is 2.15. The highest BCUT2D eigenvalue weighted by atomic mass is 16.5. The minimum Gasteiger partial charge on any atom is -0.380 e. The fourth-order valence-electron chi connectivity index (χ4n) is 2.07. The van der Waals surface area contributed by atoms with Gasteiger partial charge in [0.15, 0.2) is 0 Å². The van der Waals surface area contributed by atoms with Crippen LogP contribution in [0.25, 0.3) is 0 Å². The van der Waals surface area contributed by atoms with Gasteiger partial charge < -0.3 is 4.74 Å². The van der Waals surface area contributed by atoms with Crippen LogP contribution in [0.4, 0.5) is 0 Å². The Balaban J connectivity index is 3.84. The zero-order valence-corrected chi connectivity index (χ0v) is 11.0. The molecule has 0 spiro atoms. The molecule has 0 aliphatic heterocycles. The number of rotatable bonds is 10. The highest BCUT2D eigenvalue weighted by Gasteiger charge is 2.22. The fourth-order valence-corrected chi connectivity index (χ4v) is 2.07. The second-order valence-corrected chi connectivity index (χ2v) is 4.64. The van der Waals surface area contributed by atoms with Gasteiger partial charge in [-0.3, -0.25) is 11.3 Å². The first-order valence-corrected chi connectivity index (χ1v) is 6.27. The van der Waals surface area contributed by atoms with E-state index in [0.29, 0.717) is 5.92 Å². The lowest BCUT2D eigenvalue weighted by molar-refractivity contribution is 0.0299. The van der Waals surface area contributed by atoms with Crippen LogP contribution in [0.15, 0.2) is 12.7 Å². The van der Waals surface area contributed by atoms with Crippen LogP contribution in [-0.2, 0) is 4.74 Å². The number of nitrogens with two attached hydrogens (primary N) is 1. The first kappa shape index (κ1) is 15.6. The lowest BCUT2D eigenvalue weighted by atomic mass is 9.95. The lowest BCUT2D eigenvalue weighted by Gasteiger charge is -2.28. The van der Waals surface area contributed by atoms with Crippen LogP contribution < -0.4 is 11.3 Å². The van der Waals surface area contributed by atoms with Crippen molar-refractivity contribution in [3.8, 4) is 0 Å². The van der Waals surface area contributed by atoms with Crippen molar-refractivity contribution in [1.82, 2.24) is 5.43 Å². The third-order valence-electron chi connectivity index (χ3n) is 2.96. The molecule has 0 rings (SSSR count). The van der Waals surface area contributed by atoms with E-state index in [1.54, 1.807) is 7.11 Å². The summed E-state index contributed by atoms with van der Waals surface area (Å²) in [5.41, 5.74) is 2.88. The SMILES string of the molecule is C=CCCCCCC(NN)C(OC)C(C)C. The molecular formula is C13H28N2O. The normalized spacial score (nSPS) is 15.1. The van der Waals surface area contributed by atoms with E-state index >= 15 is 0 Å². The average Bonchev–Trinajstić information content (AvgIpc) is 2.26. The van der Waals surface area contributed by atoms with Crippen LogP contribution in [0.5, 0.6) is 0 Å². The summed E-state index contributed by atoms with van der Waals surface area (Å²) >= 11 is 0. The third kappa shape index (κ3) is 6.26. The average molecular weight is 228 g/mol. The van der Waals surface area contributed by atoms with E-state index in [4.69, 9.17) is 10.6 Å². The number of nitrogens with one attached hydrogen (secondary N) is 1. The van der Waals surface area contributed by atoms with Crippen molar-refractivity contribution in [2.45, 2.75) is 58.1 Å². The number of hydrogen-bond acceptors (Lipinski definition) is 3. The molecule has 0 radical (unpaired) electrons. The van der Waals surface area contributed by atoms with Crippen molar-refractivity contribution >= 4 is 0 Å². The first-order chi connectivity index (χ1) is 7.67. The molecule has 2 unspecified atom stereocenters. The largest absolute Gasteiger partial charge is 0.380 e. The monoisotopic (exact) mass is 228 g/mol. The first-order valence-electron chi connectivity index (χ1n) is 6.27. The van der Waals surface area contributed by atoms with Gasteiger partial charge in [-0.2, -0.15) is 0 Å². The summed E-state index contributed by atoms with van der Waals surface area (Å²) in [7, 11) is 1.76. The van der Waals surface area contributed by atoms with Crippen LogP contribution in [0.1, 0.15) is 46.0 Å². The molecule has 96 valence electrons. The van der Waals surface area contributed by atoms with Crippen LogP contribution >= 0.6 is 0 Å². The lowest BCUT2D eigenvalue weighted by Crippen LogP contribution is -2.47. The van der Waals surface area contributed by atoms with Crippen molar-refractivity contribution in [3.63, 3.8) is 0 Å². The van der Waals surface area contributed by atoms with Gasteiger partial charge in [0.1, 0.15) is 0 Å². The molecule has 0 bridgehead atoms.